The Balaban J connectivity index is 1.72. The molecule has 0 spiro atoms. The van der Waals surface area contributed by atoms with E-state index >= 15 is 0 Å². The summed E-state index contributed by atoms with van der Waals surface area (Å²) in [4.78, 5) is 14.2. The molecule has 4 nitrogen and oxygen atoms in total. The van der Waals surface area contributed by atoms with E-state index in [1.54, 1.807) is 0 Å². The van der Waals surface area contributed by atoms with Gasteiger partial charge in [0.1, 0.15) is 0 Å². The highest BCUT2D eigenvalue weighted by atomic mass is 16.2. The first-order chi connectivity index (χ1) is 8.25. The summed E-state index contributed by atoms with van der Waals surface area (Å²) in [6, 6.07) is 0.416. The molecule has 0 radical (unpaired) electrons. The molecular weight excluding hydrogens is 214 g/mol. The molecular formula is C13H25N3O. The molecule has 0 aromatic rings. The van der Waals surface area contributed by atoms with Crippen LogP contribution in [0.5, 0.6) is 0 Å². The minimum Gasteiger partial charge on any atom is -0.352 e. The highest BCUT2D eigenvalue weighted by Gasteiger charge is 2.23. The van der Waals surface area contributed by atoms with Crippen LogP contribution in [-0.2, 0) is 4.79 Å². The molecule has 0 aromatic carbocycles. The lowest BCUT2D eigenvalue weighted by atomic mass is 9.86. The van der Waals surface area contributed by atoms with Crippen LogP contribution >= 0.6 is 0 Å². The van der Waals surface area contributed by atoms with Crippen molar-refractivity contribution in [2.75, 3.05) is 32.7 Å². The highest BCUT2D eigenvalue weighted by Crippen LogP contribution is 2.23. The predicted molar refractivity (Wildman–Crippen MR) is 68.9 cm³/mol. The largest absolute Gasteiger partial charge is 0.352 e. The minimum absolute atomic E-state index is 0.214. The van der Waals surface area contributed by atoms with Crippen molar-refractivity contribution in [2.45, 2.75) is 38.6 Å². The first kappa shape index (κ1) is 12.8. The van der Waals surface area contributed by atoms with Gasteiger partial charge in [0.25, 0.3) is 0 Å². The molecule has 1 heterocycles. The Labute approximate surface area is 104 Å². The zero-order valence-electron chi connectivity index (χ0n) is 10.9. The lowest BCUT2D eigenvalue weighted by molar-refractivity contribution is -0.123. The summed E-state index contributed by atoms with van der Waals surface area (Å²) >= 11 is 0. The molecule has 0 aromatic heterocycles. The van der Waals surface area contributed by atoms with E-state index < -0.39 is 0 Å². The van der Waals surface area contributed by atoms with Gasteiger partial charge in [-0.2, -0.15) is 0 Å². The van der Waals surface area contributed by atoms with Crippen LogP contribution in [-0.4, -0.2) is 49.6 Å². The number of hydrogen-bond acceptors (Lipinski definition) is 3. The topological polar surface area (TPSA) is 44.4 Å². The van der Waals surface area contributed by atoms with Crippen LogP contribution in [0.3, 0.4) is 0 Å². The summed E-state index contributed by atoms with van der Waals surface area (Å²) in [5, 5.41) is 6.52. The van der Waals surface area contributed by atoms with E-state index in [1.165, 1.54) is 19.3 Å². The molecule has 2 N–H and O–H groups in total. The Morgan fingerprint density at radius 3 is 2.71 bits per heavy atom. The standard InChI is InChI=1S/C13H25N3O/c1-11-4-2-3-5-12(11)15-13(17)10-16-8-6-14-7-9-16/h11-12,14H,2-10H2,1H3,(H,15,17)/t11-,12-/m1/s1. The Morgan fingerprint density at radius 1 is 1.29 bits per heavy atom. The fourth-order valence-electron chi connectivity index (χ4n) is 2.86. The van der Waals surface area contributed by atoms with Crippen LogP contribution in [0.4, 0.5) is 0 Å². The van der Waals surface area contributed by atoms with E-state index in [9.17, 15) is 4.79 Å². The second-order valence-electron chi connectivity index (χ2n) is 5.46. The normalized spacial score (nSPS) is 31.1. The molecule has 98 valence electrons. The maximum atomic E-state index is 12.0. The fourth-order valence-corrected chi connectivity index (χ4v) is 2.86. The van der Waals surface area contributed by atoms with Crippen molar-refractivity contribution in [1.29, 1.82) is 0 Å². The quantitative estimate of drug-likeness (QED) is 0.757. The van der Waals surface area contributed by atoms with Gasteiger partial charge in [0, 0.05) is 32.2 Å². The van der Waals surface area contributed by atoms with Gasteiger partial charge in [-0.3, -0.25) is 9.69 Å². The van der Waals surface area contributed by atoms with Crippen molar-refractivity contribution in [1.82, 2.24) is 15.5 Å². The van der Waals surface area contributed by atoms with E-state index in [0.29, 0.717) is 18.5 Å². The molecule has 4 heteroatoms. The molecule has 1 saturated carbocycles. The predicted octanol–water partition coefficient (Wildman–Crippen LogP) is 0.587. The summed E-state index contributed by atoms with van der Waals surface area (Å²) in [6.45, 7) is 6.83. The average molecular weight is 239 g/mol. The van der Waals surface area contributed by atoms with E-state index in [1.807, 2.05) is 0 Å². The van der Waals surface area contributed by atoms with Crippen molar-refractivity contribution in [3.05, 3.63) is 0 Å². The van der Waals surface area contributed by atoms with E-state index in [-0.39, 0.29) is 5.91 Å². The molecule has 17 heavy (non-hydrogen) atoms. The Morgan fingerprint density at radius 2 is 2.00 bits per heavy atom. The third-order valence-corrected chi connectivity index (χ3v) is 4.03. The van der Waals surface area contributed by atoms with Crippen molar-refractivity contribution in [3.63, 3.8) is 0 Å². The molecule has 0 bridgehead atoms. The van der Waals surface area contributed by atoms with Gasteiger partial charge in [0.15, 0.2) is 0 Å². The van der Waals surface area contributed by atoms with Gasteiger partial charge < -0.3 is 10.6 Å². The molecule has 2 atom stereocenters. The Kier molecular flexibility index (Phi) is 4.80. The number of hydrogen-bond donors (Lipinski definition) is 2. The van der Waals surface area contributed by atoms with Crippen LogP contribution < -0.4 is 10.6 Å². The monoisotopic (exact) mass is 239 g/mol. The number of amides is 1. The summed E-state index contributed by atoms with van der Waals surface area (Å²) in [7, 11) is 0. The average Bonchev–Trinajstić information content (AvgIpc) is 2.33. The first-order valence-corrected chi connectivity index (χ1v) is 6.98. The van der Waals surface area contributed by atoms with Gasteiger partial charge in [0.2, 0.25) is 5.91 Å². The molecule has 0 unspecified atom stereocenters. The zero-order valence-corrected chi connectivity index (χ0v) is 10.9. The molecule has 2 fully saturated rings. The lowest BCUT2D eigenvalue weighted by Crippen LogP contribution is -2.50. The van der Waals surface area contributed by atoms with Gasteiger partial charge in [0.05, 0.1) is 6.54 Å². The zero-order chi connectivity index (χ0) is 12.1. The molecule has 1 amide bonds. The molecule has 1 aliphatic heterocycles. The summed E-state index contributed by atoms with van der Waals surface area (Å²) in [5.74, 6) is 0.862. The van der Waals surface area contributed by atoms with Crippen LogP contribution in [0.1, 0.15) is 32.6 Å². The van der Waals surface area contributed by atoms with Crippen LogP contribution in [0.2, 0.25) is 0 Å². The number of nitrogens with one attached hydrogen (secondary N) is 2. The van der Waals surface area contributed by atoms with Gasteiger partial charge in [-0.05, 0) is 18.8 Å². The van der Waals surface area contributed by atoms with Crippen LogP contribution in [0, 0.1) is 5.92 Å². The number of rotatable bonds is 3. The fraction of sp³-hybridized carbons (Fsp3) is 0.923. The van der Waals surface area contributed by atoms with Crippen molar-refractivity contribution >= 4 is 5.91 Å². The number of nitrogens with zero attached hydrogens (tertiary/aromatic N) is 1. The second kappa shape index (κ2) is 6.36. The van der Waals surface area contributed by atoms with Gasteiger partial charge >= 0.3 is 0 Å². The molecule has 1 saturated heterocycles. The summed E-state index contributed by atoms with van der Waals surface area (Å²) in [5.41, 5.74) is 0. The van der Waals surface area contributed by atoms with Gasteiger partial charge in [-0.1, -0.05) is 19.8 Å². The van der Waals surface area contributed by atoms with E-state index in [2.05, 4.69) is 22.5 Å². The summed E-state index contributed by atoms with van der Waals surface area (Å²) < 4.78 is 0. The van der Waals surface area contributed by atoms with E-state index in [4.69, 9.17) is 0 Å². The smallest absolute Gasteiger partial charge is 0.234 e. The number of carbonyl (C=O) groups is 1. The molecule has 1 aliphatic carbocycles. The second-order valence-corrected chi connectivity index (χ2v) is 5.46. The molecule has 2 rings (SSSR count). The number of carbonyl (C=O) groups excluding carboxylic acids is 1. The highest BCUT2D eigenvalue weighted by molar-refractivity contribution is 5.78. The maximum absolute atomic E-state index is 12.0. The minimum atomic E-state index is 0.214. The Hall–Kier alpha value is -0.610. The Bertz CT molecular complexity index is 251. The van der Waals surface area contributed by atoms with Gasteiger partial charge in [-0.15, -0.1) is 0 Å². The first-order valence-electron chi connectivity index (χ1n) is 6.98. The lowest BCUT2D eigenvalue weighted by Gasteiger charge is -2.31. The maximum Gasteiger partial charge on any atom is 0.234 e. The van der Waals surface area contributed by atoms with Crippen molar-refractivity contribution in [2.24, 2.45) is 5.92 Å². The SMILES string of the molecule is C[C@@H]1CCCC[C@H]1NC(=O)CN1CCNCC1. The third kappa shape index (κ3) is 3.96. The van der Waals surface area contributed by atoms with Crippen molar-refractivity contribution < 1.29 is 4.79 Å². The van der Waals surface area contributed by atoms with Crippen molar-refractivity contribution in [3.8, 4) is 0 Å². The third-order valence-electron chi connectivity index (χ3n) is 4.03. The number of piperazine rings is 1. The van der Waals surface area contributed by atoms with Crippen LogP contribution in [0.15, 0.2) is 0 Å². The molecule has 2 aliphatic rings. The van der Waals surface area contributed by atoms with Gasteiger partial charge in [-0.25, -0.2) is 0 Å². The van der Waals surface area contributed by atoms with Crippen LogP contribution in [0.25, 0.3) is 0 Å². The summed E-state index contributed by atoms with van der Waals surface area (Å²) in [6.07, 6.45) is 5.02. The van der Waals surface area contributed by atoms with E-state index in [0.717, 1.165) is 32.6 Å².